The van der Waals surface area contributed by atoms with E-state index in [1.807, 2.05) is 47.4 Å². The van der Waals surface area contributed by atoms with Gasteiger partial charge >= 0.3 is 6.03 Å². The summed E-state index contributed by atoms with van der Waals surface area (Å²) in [6, 6.07) is 16.7. The van der Waals surface area contributed by atoms with Crippen LogP contribution in [0.2, 0.25) is 0 Å². The predicted octanol–water partition coefficient (Wildman–Crippen LogP) is 4.65. The molecule has 0 unspecified atom stereocenters. The lowest BCUT2D eigenvalue weighted by Gasteiger charge is -2.36. The number of benzene rings is 2. The second kappa shape index (κ2) is 6.23. The zero-order valence-corrected chi connectivity index (χ0v) is 16.1. The van der Waals surface area contributed by atoms with E-state index in [9.17, 15) is 9.59 Å². The van der Waals surface area contributed by atoms with Crippen LogP contribution in [0.1, 0.15) is 37.6 Å². The van der Waals surface area contributed by atoms with Crippen molar-refractivity contribution < 1.29 is 9.59 Å². The molecular weight excluding hydrogens is 350 g/mol. The lowest BCUT2D eigenvalue weighted by Crippen LogP contribution is -2.44. The number of para-hydroxylation sites is 2. The third kappa shape index (κ3) is 2.39. The van der Waals surface area contributed by atoms with Gasteiger partial charge in [0.2, 0.25) is 0 Å². The molecule has 2 aromatic carbocycles. The largest absolute Gasteiger partial charge is 0.356 e. The smallest absolute Gasteiger partial charge is 0.332 e. The van der Waals surface area contributed by atoms with Crippen molar-refractivity contribution in [3.8, 4) is 0 Å². The maximum Gasteiger partial charge on any atom is 0.332 e. The Kier molecular flexibility index (Phi) is 3.79. The summed E-state index contributed by atoms with van der Waals surface area (Å²) in [6.45, 7) is 4.31. The third-order valence-corrected chi connectivity index (χ3v) is 5.88. The molecule has 2 aliphatic heterocycles. The molecule has 1 saturated heterocycles. The van der Waals surface area contributed by atoms with E-state index in [-0.39, 0.29) is 18.0 Å². The van der Waals surface area contributed by atoms with Gasteiger partial charge in [-0.15, -0.1) is 0 Å². The monoisotopic (exact) mass is 373 g/mol. The summed E-state index contributed by atoms with van der Waals surface area (Å²) in [4.78, 5) is 33.4. The van der Waals surface area contributed by atoms with E-state index >= 15 is 0 Å². The number of imide groups is 1. The molecule has 0 saturated carbocycles. The minimum Gasteiger partial charge on any atom is -0.356 e. The summed E-state index contributed by atoms with van der Waals surface area (Å²) < 4.78 is 0. The Hall–Kier alpha value is -3.08. The molecule has 1 N–H and O–H groups in total. The highest BCUT2D eigenvalue weighted by Gasteiger charge is 2.52. The number of nitrogens with one attached hydrogen (secondary N) is 1. The van der Waals surface area contributed by atoms with E-state index in [1.165, 1.54) is 10.5 Å². The number of H-pyrrole nitrogens is 1. The zero-order valence-electron chi connectivity index (χ0n) is 16.1. The fourth-order valence-corrected chi connectivity index (χ4v) is 4.70. The molecule has 0 spiro atoms. The van der Waals surface area contributed by atoms with E-state index in [0.29, 0.717) is 18.0 Å². The molecule has 3 aromatic rings. The molecular formula is C23H23N3O2. The summed E-state index contributed by atoms with van der Waals surface area (Å²) in [5.41, 5.74) is 3.98. The molecule has 1 fully saturated rings. The highest BCUT2D eigenvalue weighted by Crippen LogP contribution is 2.44. The molecule has 2 atom stereocenters. The number of hydrogen-bond donors (Lipinski definition) is 1. The van der Waals surface area contributed by atoms with Crippen molar-refractivity contribution in [1.29, 1.82) is 0 Å². The number of nitrogens with zero attached hydrogens (tertiary/aromatic N) is 2. The molecule has 0 radical (unpaired) electrons. The Morgan fingerprint density at radius 2 is 1.75 bits per heavy atom. The number of urea groups is 1. The van der Waals surface area contributed by atoms with Crippen LogP contribution in [0.5, 0.6) is 0 Å². The standard InChI is InChI=1S/C23H23N3O2/c1-14(2)12-19-21-17(16-10-6-7-11-18(16)24-21)13-20-22(27)25(23(28)26(19)20)15-8-4-3-5-9-15/h3-11,14,19-20,24H,12-13H2,1-2H3/t19-,20+/m1/s1. The van der Waals surface area contributed by atoms with Gasteiger partial charge < -0.3 is 9.88 Å². The van der Waals surface area contributed by atoms with E-state index in [2.05, 4.69) is 31.0 Å². The maximum absolute atomic E-state index is 13.4. The lowest BCUT2D eigenvalue weighted by molar-refractivity contribution is -0.120. The molecule has 3 amide bonds. The van der Waals surface area contributed by atoms with Crippen molar-refractivity contribution in [3.05, 3.63) is 65.9 Å². The highest BCUT2D eigenvalue weighted by atomic mass is 16.2. The minimum atomic E-state index is -0.442. The summed E-state index contributed by atoms with van der Waals surface area (Å²) in [7, 11) is 0. The van der Waals surface area contributed by atoms with Crippen molar-refractivity contribution in [2.24, 2.45) is 5.92 Å². The fourth-order valence-electron chi connectivity index (χ4n) is 4.70. The van der Waals surface area contributed by atoms with Gasteiger partial charge in [0.25, 0.3) is 5.91 Å². The van der Waals surface area contributed by atoms with Gasteiger partial charge in [-0.2, -0.15) is 0 Å². The Labute approximate surface area is 163 Å². The summed E-state index contributed by atoms with van der Waals surface area (Å²) in [5.74, 6) is 0.276. The summed E-state index contributed by atoms with van der Waals surface area (Å²) in [5, 5.41) is 1.16. The Morgan fingerprint density at radius 1 is 1.04 bits per heavy atom. The predicted molar refractivity (Wildman–Crippen MR) is 109 cm³/mol. The fraction of sp³-hybridized carbons (Fsp3) is 0.304. The van der Waals surface area contributed by atoms with Crippen LogP contribution < -0.4 is 4.90 Å². The van der Waals surface area contributed by atoms with Gasteiger partial charge in [-0.3, -0.25) is 4.79 Å². The van der Waals surface area contributed by atoms with Gasteiger partial charge in [0, 0.05) is 23.0 Å². The van der Waals surface area contributed by atoms with Gasteiger partial charge in [0.1, 0.15) is 6.04 Å². The molecule has 0 aliphatic carbocycles. The minimum absolute atomic E-state index is 0.119. The second-order valence-electron chi connectivity index (χ2n) is 8.13. The van der Waals surface area contributed by atoms with Crippen LogP contribution in [0.3, 0.4) is 0 Å². The quantitative estimate of drug-likeness (QED) is 0.680. The van der Waals surface area contributed by atoms with E-state index in [0.717, 1.165) is 23.0 Å². The number of aromatic nitrogens is 1. The van der Waals surface area contributed by atoms with Gasteiger partial charge in [-0.25, -0.2) is 9.69 Å². The topological polar surface area (TPSA) is 56.4 Å². The number of aromatic amines is 1. The molecule has 28 heavy (non-hydrogen) atoms. The molecule has 5 nitrogen and oxygen atoms in total. The van der Waals surface area contributed by atoms with Gasteiger partial charge in [0.05, 0.1) is 11.7 Å². The van der Waals surface area contributed by atoms with Crippen molar-refractivity contribution in [3.63, 3.8) is 0 Å². The maximum atomic E-state index is 13.4. The van der Waals surface area contributed by atoms with Crippen LogP contribution in [-0.2, 0) is 11.2 Å². The van der Waals surface area contributed by atoms with Gasteiger partial charge in [-0.1, -0.05) is 50.2 Å². The summed E-state index contributed by atoms with van der Waals surface area (Å²) in [6.07, 6.45) is 1.37. The van der Waals surface area contributed by atoms with Crippen LogP contribution in [0.25, 0.3) is 10.9 Å². The molecule has 3 heterocycles. The highest BCUT2D eigenvalue weighted by molar-refractivity contribution is 6.21. The SMILES string of the molecule is CC(C)C[C@@H]1c2[nH]c3ccccc3c2C[C@H]2C(=O)N(c3ccccc3)C(=O)N12. The zero-order chi connectivity index (χ0) is 19.4. The average molecular weight is 373 g/mol. The lowest BCUT2D eigenvalue weighted by atomic mass is 9.88. The number of rotatable bonds is 3. The van der Waals surface area contributed by atoms with E-state index in [4.69, 9.17) is 0 Å². The molecule has 2 aliphatic rings. The van der Waals surface area contributed by atoms with Crippen LogP contribution in [0, 0.1) is 5.92 Å². The van der Waals surface area contributed by atoms with Crippen LogP contribution in [-0.4, -0.2) is 27.9 Å². The van der Waals surface area contributed by atoms with Crippen LogP contribution in [0.4, 0.5) is 10.5 Å². The number of amides is 3. The first-order chi connectivity index (χ1) is 13.6. The Bertz CT molecular complexity index is 1070. The number of hydrogen-bond acceptors (Lipinski definition) is 2. The third-order valence-electron chi connectivity index (χ3n) is 5.88. The number of fused-ring (bicyclic) bond motifs is 4. The molecule has 5 rings (SSSR count). The average Bonchev–Trinajstić information content (AvgIpc) is 3.18. The number of carbonyl (C=O) groups excluding carboxylic acids is 2. The molecule has 142 valence electrons. The first-order valence-corrected chi connectivity index (χ1v) is 9.87. The first-order valence-electron chi connectivity index (χ1n) is 9.87. The van der Waals surface area contributed by atoms with Crippen molar-refractivity contribution in [2.75, 3.05) is 4.90 Å². The van der Waals surface area contributed by atoms with Gasteiger partial charge in [0.15, 0.2) is 0 Å². The molecule has 1 aromatic heterocycles. The van der Waals surface area contributed by atoms with Crippen LogP contribution >= 0.6 is 0 Å². The van der Waals surface area contributed by atoms with E-state index in [1.54, 1.807) is 0 Å². The van der Waals surface area contributed by atoms with Crippen LogP contribution in [0.15, 0.2) is 54.6 Å². The summed E-state index contributed by atoms with van der Waals surface area (Å²) >= 11 is 0. The Balaban J connectivity index is 1.64. The van der Waals surface area contributed by atoms with E-state index < -0.39 is 6.04 Å². The van der Waals surface area contributed by atoms with Crippen molar-refractivity contribution >= 4 is 28.5 Å². The van der Waals surface area contributed by atoms with Crippen molar-refractivity contribution in [1.82, 2.24) is 9.88 Å². The number of anilines is 1. The molecule has 5 heteroatoms. The second-order valence-corrected chi connectivity index (χ2v) is 8.13. The van der Waals surface area contributed by atoms with Gasteiger partial charge in [-0.05, 0) is 36.1 Å². The first kappa shape index (κ1) is 17.0. The molecule has 0 bridgehead atoms. The number of carbonyl (C=O) groups is 2. The normalized spacial score (nSPS) is 21.5. The Morgan fingerprint density at radius 3 is 2.50 bits per heavy atom. The van der Waals surface area contributed by atoms with Crippen molar-refractivity contribution in [2.45, 2.75) is 38.8 Å².